The normalized spacial score (nSPS) is 21.5. The Labute approximate surface area is 122 Å². The minimum atomic E-state index is -0.452. The molecule has 4 heteroatoms. The summed E-state index contributed by atoms with van der Waals surface area (Å²) in [5.74, 6) is -0.912. The first-order valence-electron chi connectivity index (χ1n) is 6.89. The first kappa shape index (κ1) is 13.7. The molecule has 0 saturated carbocycles. The first-order chi connectivity index (χ1) is 10.1. The lowest BCUT2D eigenvalue weighted by molar-refractivity contribution is 0.257. The molecule has 1 aliphatic rings. The van der Waals surface area contributed by atoms with E-state index in [9.17, 15) is 8.78 Å². The lowest BCUT2D eigenvalue weighted by atomic mass is 9.88. The summed E-state index contributed by atoms with van der Waals surface area (Å²) in [5, 5.41) is 6.26. The Bertz CT molecular complexity index is 682. The highest BCUT2D eigenvalue weighted by atomic mass is 19.1. The van der Waals surface area contributed by atoms with Crippen LogP contribution in [0.4, 0.5) is 8.78 Å². The van der Waals surface area contributed by atoms with Gasteiger partial charge in [0.25, 0.3) is 0 Å². The molecule has 1 heterocycles. The Balaban J connectivity index is 1.99. The Morgan fingerprint density at radius 1 is 1.05 bits per heavy atom. The third kappa shape index (κ3) is 2.42. The van der Waals surface area contributed by atoms with Crippen molar-refractivity contribution in [1.82, 2.24) is 5.01 Å². The van der Waals surface area contributed by atoms with Gasteiger partial charge < -0.3 is 0 Å². The smallest absolute Gasteiger partial charge is 0.132 e. The fourth-order valence-electron chi connectivity index (χ4n) is 2.94. The quantitative estimate of drug-likeness (QED) is 0.815. The van der Waals surface area contributed by atoms with Gasteiger partial charge in [0.05, 0.1) is 11.8 Å². The predicted octanol–water partition coefficient (Wildman–Crippen LogP) is 3.99. The lowest BCUT2D eigenvalue weighted by Gasteiger charge is -2.23. The highest BCUT2D eigenvalue weighted by Crippen LogP contribution is 2.36. The van der Waals surface area contributed by atoms with Crippen molar-refractivity contribution >= 4 is 5.71 Å². The molecule has 0 amide bonds. The number of rotatable bonds is 2. The fourth-order valence-corrected chi connectivity index (χ4v) is 2.94. The zero-order valence-corrected chi connectivity index (χ0v) is 11.9. The van der Waals surface area contributed by atoms with E-state index in [2.05, 4.69) is 5.10 Å². The largest absolute Gasteiger partial charge is 0.292 e. The molecule has 3 rings (SSSR count). The van der Waals surface area contributed by atoms with Crippen molar-refractivity contribution in [2.45, 2.75) is 13.0 Å². The minimum Gasteiger partial charge on any atom is -0.292 e. The topological polar surface area (TPSA) is 15.6 Å². The fraction of sp³-hybridized carbons (Fsp3) is 0.235. The molecule has 1 aliphatic heterocycles. The van der Waals surface area contributed by atoms with Crippen LogP contribution in [0.5, 0.6) is 0 Å². The Morgan fingerprint density at radius 3 is 2.48 bits per heavy atom. The summed E-state index contributed by atoms with van der Waals surface area (Å²) in [5.41, 5.74) is 1.94. The second-order valence-electron chi connectivity index (χ2n) is 5.33. The van der Waals surface area contributed by atoms with E-state index in [1.807, 2.05) is 49.3 Å². The van der Waals surface area contributed by atoms with Crippen molar-refractivity contribution in [3.8, 4) is 0 Å². The maximum absolute atomic E-state index is 14.0. The molecule has 2 aromatic rings. The molecule has 0 aromatic heterocycles. The summed E-state index contributed by atoms with van der Waals surface area (Å²) in [4.78, 5) is 0. The van der Waals surface area contributed by atoms with Gasteiger partial charge in [0, 0.05) is 18.5 Å². The molecule has 0 spiro atoms. The number of halogens is 2. The summed E-state index contributed by atoms with van der Waals surface area (Å²) < 4.78 is 27.4. The highest BCUT2D eigenvalue weighted by molar-refractivity contribution is 6.03. The van der Waals surface area contributed by atoms with E-state index in [0.29, 0.717) is 5.71 Å². The van der Waals surface area contributed by atoms with E-state index >= 15 is 0 Å². The molecule has 0 radical (unpaired) electrons. The van der Waals surface area contributed by atoms with Crippen LogP contribution in [-0.2, 0) is 0 Å². The van der Waals surface area contributed by atoms with Crippen molar-refractivity contribution in [1.29, 1.82) is 0 Å². The van der Waals surface area contributed by atoms with Crippen LogP contribution in [0.25, 0.3) is 0 Å². The number of hydrogen-bond acceptors (Lipinski definition) is 2. The molecular weight excluding hydrogens is 270 g/mol. The molecule has 0 N–H and O–H groups in total. The van der Waals surface area contributed by atoms with E-state index in [0.717, 1.165) is 17.7 Å². The molecule has 0 bridgehead atoms. The predicted molar refractivity (Wildman–Crippen MR) is 79.0 cm³/mol. The minimum absolute atomic E-state index is 0.0197. The molecule has 2 nitrogen and oxygen atoms in total. The summed E-state index contributed by atoms with van der Waals surface area (Å²) in [6.45, 7) is 1.99. The van der Waals surface area contributed by atoms with Gasteiger partial charge >= 0.3 is 0 Å². The van der Waals surface area contributed by atoms with E-state index in [-0.39, 0.29) is 17.5 Å². The molecule has 2 unspecified atom stereocenters. The number of hydrazone groups is 1. The molecule has 2 aromatic carbocycles. The zero-order valence-electron chi connectivity index (χ0n) is 11.9. The van der Waals surface area contributed by atoms with Gasteiger partial charge in [-0.2, -0.15) is 5.10 Å². The standard InChI is InChI=1S/C17H16F2N2/c1-11-16(14-10-13(18)8-9-15(14)19)20-21(2)17(11)12-6-4-3-5-7-12/h3-11,17H,1-2H3. The second kappa shape index (κ2) is 5.28. The zero-order chi connectivity index (χ0) is 15.0. The van der Waals surface area contributed by atoms with Crippen molar-refractivity contribution in [3.63, 3.8) is 0 Å². The van der Waals surface area contributed by atoms with Crippen LogP contribution in [0, 0.1) is 17.6 Å². The summed E-state index contributed by atoms with van der Waals surface area (Å²) >= 11 is 0. The summed E-state index contributed by atoms with van der Waals surface area (Å²) in [7, 11) is 1.86. The van der Waals surface area contributed by atoms with E-state index in [1.165, 1.54) is 6.07 Å². The molecular formula is C17H16F2N2. The van der Waals surface area contributed by atoms with Crippen LogP contribution in [0.2, 0.25) is 0 Å². The summed E-state index contributed by atoms with van der Waals surface area (Å²) in [6, 6.07) is 13.5. The van der Waals surface area contributed by atoms with E-state index < -0.39 is 11.6 Å². The van der Waals surface area contributed by atoms with Crippen molar-refractivity contribution in [2.75, 3.05) is 7.05 Å². The molecule has 0 saturated heterocycles. The van der Waals surface area contributed by atoms with E-state index in [4.69, 9.17) is 0 Å². The third-order valence-corrected chi connectivity index (χ3v) is 3.92. The monoisotopic (exact) mass is 286 g/mol. The number of nitrogens with zero attached hydrogens (tertiary/aromatic N) is 2. The average Bonchev–Trinajstić information content (AvgIpc) is 2.77. The maximum Gasteiger partial charge on any atom is 0.132 e. The Hall–Kier alpha value is -2.23. The van der Waals surface area contributed by atoms with E-state index in [1.54, 1.807) is 0 Å². The van der Waals surface area contributed by atoms with Gasteiger partial charge in [0.1, 0.15) is 11.6 Å². The van der Waals surface area contributed by atoms with Gasteiger partial charge in [-0.25, -0.2) is 8.78 Å². The first-order valence-corrected chi connectivity index (χ1v) is 6.89. The molecule has 21 heavy (non-hydrogen) atoms. The molecule has 0 aliphatic carbocycles. The van der Waals surface area contributed by atoms with Gasteiger partial charge in [-0.05, 0) is 23.8 Å². The van der Waals surface area contributed by atoms with Gasteiger partial charge in [0.2, 0.25) is 0 Å². The van der Waals surface area contributed by atoms with Crippen LogP contribution in [-0.4, -0.2) is 17.8 Å². The highest BCUT2D eigenvalue weighted by Gasteiger charge is 2.35. The second-order valence-corrected chi connectivity index (χ2v) is 5.33. The number of benzene rings is 2. The van der Waals surface area contributed by atoms with Gasteiger partial charge in [0.15, 0.2) is 0 Å². The van der Waals surface area contributed by atoms with Crippen LogP contribution >= 0.6 is 0 Å². The molecule has 108 valence electrons. The van der Waals surface area contributed by atoms with Crippen molar-refractivity contribution < 1.29 is 8.78 Å². The lowest BCUT2D eigenvalue weighted by Crippen LogP contribution is -2.21. The molecule has 0 fully saturated rings. The van der Waals surface area contributed by atoms with Crippen LogP contribution in [0.1, 0.15) is 24.1 Å². The van der Waals surface area contributed by atoms with Crippen LogP contribution in [0.15, 0.2) is 53.6 Å². The summed E-state index contributed by atoms with van der Waals surface area (Å²) in [6.07, 6.45) is 0. The number of hydrogen-bond donors (Lipinski definition) is 0. The van der Waals surface area contributed by atoms with Gasteiger partial charge in [-0.3, -0.25) is 5.01 Å². The Morgan fingerprint density at radius 2 is 1.76 bits per heavy atom. The van der Waals surface area contributed by atoms with Crippen LogP contribution < -0.4 is 0 Å². The Kier molecular flexibility index (Phi) is 3.45. The van der Waals surface area contributed by atoms with Gasteiger partial charge in [-0.1, -0.05) is 37.3 Å². The third-order valence-electron chi connectivity index (χ3n) is 3.92. The van der Waals surface area contributed by atoms with Crippen LogP contribution in [0.3, 0.4) is 0 Å². The molecule has 2 atom stereocenters. The van der Waals surface area contributed by atoms with Crippen molar-refractivity contribution in [2.24, 2.45) is 11.0 Å². The van der Waals surface area contributed by atoms with Gasteiger partial charge in [-0.15, -0.1) is 0 Å². The average molecular weight is 286 g/mol. The van der Waals surface area contributed by atoms with Crippen molar-refractivity contribution in [3.05, 3.63) is 71.3 Å². The maximum atomic E-state index is 14.0. The SMILES string of the molecule is CC1C(c2cc(F)ccc2F)=NN(C)C1c1ccccc1.